The molecule has 47 heavy (non-hydrogen) atoms. The van der Waals surface area contributed by atoms with Crippen LogP contribution in [0.5, 0.6) is 5.75 Å². The van der Waals surface area contributed by atoms with Gasteiger partial charge in [0.05, 0.1) is 39.1 Å². The zero-order valence-corrected chi connectivity index (χ0v) is 30.0. The fourth-order valence-electron chi connectivity index (χ4n) is 6.10. The van der Waals surface area contributed by atoms with E-state index in [0.717, 1.165) is 37.2 Å². The first-order valence-electron chi connectivity index (χ1n) is 17.1. The molecule has 1 unspecified atom stereocenters. The molecule has 0 bridgehead atoms. The highest BCUT2D eigenvalue weighted by molar-refractivity contribution is 6.99. The fraction of sp³-hybridized carbons (Fsp3) is 0.500. The van der Waals surface area contributed by atoms with E-state index in [0.29, 0.717) is 45.0 Å². The highest BCUT2D eigenvalue weighted by Gasteiger charge is 2.50. The Morgan fingerprint density at radius 3 is 2.09 bits per heavy atom. The molecular weight excluding hydrogens is 605 g/mol. The SMILES string of the molecule is COc1ccc(CO[C@H](CO[Si](c2ccccc2)(c2ccccc2)C(C)(C)C)C[C@H](O)CC#CC[C@H](C)COC2CCCCO2)cc1. The molecule has 4 atom stereocenters. The quantitative estimate of drug-likeness (QED) is 0.134. The third-order valence-electron chi connectivity index (χ3n) is 8.70. The molecule has 0 spiro atoms. The molecule has 1 heterocycles. The van der Waals surface area contributed by atoms with Gasteiger partial charge in [-0.25, -0.2) is 0 Å². The first kappa shape index (κ1) is 36.9. The van der Waals surface area contributed by atoms with E-state index < -0.39 is 14.4 Å². The number of benzene rings is 3. The van der Waals surface area contributed by atoms with Crippen molar-refractivity contribution < 1.29 is 28.5 Å². The number of rotatable bonds is 16. The fourth-order valence-corrected chi connectivity index (χ4v) is 10.7. The summed E-state index contributed by atoms with van der Waals surface area (Å²) in [5.74, 6) is 7.56. The molecule has 1 N–H and O–H groups in total. The predicted molar refractivity (Wildman–Crippen MR) is 191 cm³/mol. The zero-order valence-electron chi connectivity index (χ0n) is 29.0. The van der Waals surface area contributed by atoms with Crippen LogP contribution in [-0.2, 0) is 25.2 Å². The molecular formula is C40H54O6Si. The maximum atomic E-state index is 11.2. The minimum Gasteiger partial charge on any atom is -0.497 e. The van der Waals surface area contributed by atoms with Crippen molar-refractivity contribution in [1.29, 1.82) is 0 Å². The summed E-state index contributed by atoms with van der Waals surface area (Å²) in [5.41, 5.74) is 1.03. The first-order chi connectivity index (χ1) is 22.7. The van der Waals surface area contributed by atoms with E-state index in [1.165, 1.54) is 10.4 Å². The van der Waals surface area contributed by atoms with Crippen LogP contribution in [0.25, 0.3) is 0 Å². The smallest absolute Gasteiger partial charge is 0.261 e. The van der Waals surface area contributed by atoms with Crippen LogP contribution in [0.15, 0.2) is 84.9 Å². The van der Waals surface area contributed by atoms with Crippen molar-refractivity contribution in [3.8, 4) is 17.6 Å². The summed E-state index contributed by atoms with van der Waals surface area (Å²) in [6.07, 6.45) is 3.68. The summed E-state index contributed by atoms with van der Waals surface area (Å²) in [7, 11) is -1.11. The topological polar surface area (TPSA) is 66.4 Å². The van der Waals surface area contributed by atoms with Gasteiger partial charge in [0.25, 0.3) is 8.32 Å². The van der Waals surface area contributed by atoms with Crippen LogP contribution in [0.1, 0.15) is 71.8 Å². The van der Waals surface area contributed by atoms with Gasteiger partial charge in [0.1, 0.15) is 5.75 Å². The Bertz CT molecular complexity index is 1320. The molecule has 0 saturated carbocycles. The largest absolute Gasteiger partial charge is 0.497 e. The van der Waals surface area contributed by atoms with E-state index in [1.54, 1.807) is 7.11 Å². The van der Waals surface area contributed by atoms with Crippen molar-refractivity contribution in [1.82, 2.24) is 0 Å². The van der Waals surface area contributed by atoms with E-state index in [9.17, 15) is 5.11 Å². The molecule has 0 aromatic heterocycles. The number of aliphatic hydroxyl groups is 1. The molecule has 254 valence electrons. The van der Waals surface area contributed by atoms with Crippen molar-refractivity contribution in [3.63, 3.8) is 0 Å². The van der Waals surface area contributed by atoms with E-state index in [2.05, 4.69) is 88.1 Å². The average molecular weight is 659 g/mol. The molecule has 3 aromatic rings. The second kappa shape index (κ2) is 18.5. The Morgan fingerprint density at radius 1 is 0.872 bits per heavy atom. The van der Waals surface area contributed by atoms with Crippen LogP contribution < -0.4 is 15.1 Å². The Labute approximate surface area is 283 Å². The molecule has 1 aliphatic rings. The van der Waals surface area contributed by atoms with E-state index in [-0.39, 0.29) is 17.4 Å². The van der Waals surface area contributed by atoms with E-state index in [4.69, 9.17) is 23.4 Å². The van der Waals surface area contributed by atoms with Gasteiger partial charge in [-0.05, 0) is 58.3 Å². The van der Waals surface area contributed by atoms with Gasteiger partial charge in [-0.1, -0.05) is 100 Å². The van der Waals surface area contributed by atoms with Crippen LogP contribution >= 0.6 is 0 Å². The van der Waals surface area contributed by atoms with Crippen LogP contribution in [0.4, 0.5) is 0 Å². The molecule has 3 aromatic carbocycles. The van der Waals surface area contributed by atoms with Gasteiger partial charge in [-0.3, -0.25) is 0 Å². The molecule has 0 aliphatic carbocycles. The van der Waals surface area contributed by atoms with Gasteiger partial charge in [-0.15, -0.1) is 11.8 Å². The van der Waals surface area contributed by atoms with Crippen LogP contribution in [0.2, 0.25) is 5.04 Å². The zero-order chi connectivity index (χ0) is 33.5. The first-order valence-corrected chi connectivity index (χ1v) is 19.0. The molecule has 0 radical (unpaired) electrons. The maximum Gasteiger partial charge on any atom is 0.261 e. The monoisotopic (exact) mass is 658 g/mol. The van der Waals surface area contributed by atoms with Crippen LogP contribution in [-0.4, -0.2) is 58.9 Å². The second-order valence-corrected chi connectivity index (χ2v) is 17.9. The molecule has 1 aliphatic heterocycles. The Kier molecular flexibility index (Phi) is 14.5. The Balaban J connectivity index is 1.45. The van der Waals surface area contributed by atoms with E-state index >= 15 is 0 Å². The van der Waals surface area contributed by atoms with Gasteiger partial charge in [-0.2, -0.15) is 0 Å². The van der Waals surface area contributed by atoms with Gasteiger partial charge < -0.3 is 28.5 Å². The molecule has 1 saturated heterocycles. The lowest BCUT2D eigenvalue weighted by atomic mass is 10.1. The van der Waals surface area contributed by atoms with Crippen molar-refractivity contribution in [2.24, 2.45) is 5.92 Å². The van der Waals surface area contributed by atoms with Gasteiger partial charge >= 0.3 is 0 Å². The Hall–Kier alpha value is -2.96. The number of hydrogen-bond donors (Lipinski definition) is 1. The Morgan fingerprint density at radius 2 is 1.51 bits per heavy atom. The van der Waals surface area contributed by atoms with Crippen molar-refractivity contribution in [3.05, 3.63) is 90.5 Å². The number of aliphatic hydroxyl groups excluding tert-OH is 1. The van der Waals surface area contributed by atoms with Gasteiger partial charge in [0, 0.05) is 25.9 Å². The molecule has 0 amide bonds. The normalized spacial score (nSPS) is 17.3. The number of hydrogen-bond acceptors (Lipinski definition) is 6. The lowest BCUT2D eigenvalue weighted by molar-refractivity contribution is -0.167. The van der Waals surface area contributed by atoms with Gasteiger partial charge in [0.15, 0.2) is 6.29 Å². The third kappa shape index (κ3) is 11.0. The minimum atomic E-state index is -2.78. The second-order valence-electron chi connectivity index (χ2n) is 13.6. The summed E-state index contributed by atoms with van der Waals surface area (Å²) >= 11 is 0. The maximum absolute atomic E-state index is 11.2. The highest BCUT2D eigenvalue weighted by atomic mass is 28.4. The summed E-state index contributed by atoms with van der Waals surface area (Å²) in [6.45, 7) is 11.1. The van der Waals surface area contributed by atoms with Crippen LogP contribution in [0.3, 0.4) is 0 Å². The summed E-state index contributed by atoms with van der Waals surface area (Å²) in [4.78, 5) is 0. The summed E-state index contributed by atoms with van der Waals surface area (Å²) in [5, 5.41) is 13.4. The molecule has 1 fully saturated rings. The average Bonchev–Trinajstić information content (AvgIpc) is 3.09. The summed E-state index contributed by atoms with van der Waals surface area (Å²) < 4.78 is 30.6. The highest BCUT2D eigenvalue weighted by Crippen LogP contribution is 2.37. The van der Waals surface area contributed by atoms with Crippen molar-refractivity contribution >= 4 is 18.7 Å². The number of methoxy groups -OCH3 is 1. The van der Waals surface area contributed by atoms with Crippen molar-refractivity contribution in [2.75, 3.05) is 26.9 Å². The third-order valence-corrected chi connectivity index (χ3v) is 13.7. The lowest BCUT2D eigenvalue weighted by Crippen LogP contribution is -2.67. The summed E-state index contributed by atoms with van der Waals surface area (Å²) in [6, 6.07) is 29.1. The minimum absolute atomic E-state index is 0.0816. The van der Waals surface area contributed by atoms with Crippen LogP contribution in [0, 0.1) is 17.8 Å². The number of ether oxygens (including phenoxy) is 4. The lowest BCUT2D eigenvalue weighted by Gasteiger charge is -2.43. The predicted octanol–water partition coefficient (Wildman–Crippen LogP) is 6.87. The van der Waals surface area contributed by atoms with Gasteiger partial charge in [0.2, 0.25) is 0 Å². The molecule has 4 rings (SSSR count). The van der Waals surface area contributed by atoms with E-state index in [1.807, 2.05) is 36.4 Å². The standard InChI is InChI=1S/C40H54O6Si/c1-32(29-45-39-22-14-15-27-43-39)16-12-13-17-34(41)28-36(44-30-33-23-25-35(42-5)26-24-33)31-46-47(40(2,3)4,37-18-8-6-9-19-37)38-20-10-7-11-21-38/h6-11,18-21,23-26,32,34,36,39,41H,14-17,22,27-31H2,1-5H3/t32-,34+,36-,39?/m0/s1. The molecule has 6 nitrogen and oxygen atoms in total. The van der Waals surface area contributed by atoms with Crippen molar-refractivity contribution in [2.45, 2.75) is 96.4 Å². The molecule has 7 heteroatoms.